The fraction of sp³-hybridized carbons (Fsp3) is 0.636. The highest BCUT2D eigenvalue weighted by Gasteiger charge is 2.35. The minimum absolute atomic E-state index is 0.0467. The van der Waals surface area contributed by atoms with Crippen molar-refractivity contribution in [1.82, 2.24) is 15.1 Å². The second-order valence-electron chi connectivity index (χ2n) is 4.15. The number of nitrogens with one attached hydrogen (secondary N) is 1. The Morgan fingerprint density at radius 3 is 3.24 bits per heavy atom. The molecule has 17 heavy (non-hydrogen) atoms. The second kappa shape index (κ2) is 5.55. The van der Waals surface area contributed by atoms with Gasteiger partial charge in [-0.15, -0.1) is 0 Å². The van der Waals surface area contributed by atoms with Gasteiger partial charge in [0, 0.05) is 37.7 Å². The molecule has 5 nitrogen and oxygen atoms in total. The Hall–Kier alpha value is -1.01. The normalized spacial score (nSPS) is 23.9. The van der Waals surface area contributed by atoms with E-state index in [0.29, 0.717) is 18.9 Å². The summed E-state index contributed by atoms with van der Waals surface area (Å²) in [5, 5.41) is 6.97. The largest absolute Gasteiger partial charge is 0.373 e. The van der Waals surface area contributed by atoms with E-state index < -0.39 is 0 Å². The summed E-state index contributed by atoms with van der Waals surface area (Å²) in [4.78, 5) is 11.9. The molecule has 2 rings (SSSR count). The summed E-state index contributed by atoms with van der Waals surface area (Å²) in [7, 11) is 1.86. The number of ether oxygens (including phenoxy) is 1. The van der Waals surface area contributed by atoms with Crippen LogP contribution in [0.5, 0.6) is 0 Å². The molecule has 0 unspecified atom stereocenters. The van der Waals surface area contributed by atoms with Gasteiger partial charge in [0.2, 0.25) is 5.91 Å². The highest BCUT2D eigenvalue weighted by molar-refractivity contribution is 7.80. The summed E-state index contributed by atoms with van der Waals surface area (Å²) in [6.07, 6.45) is 4.26. The quantitative estimate of drug-likeness (QED) is 0.772. The van der Waals surface area contributed by atoms with E-state index in [1.165, 1.54) is 0 Å². The minimum atomic E-state index is -0.163. The van der Waals surface area contributed by atoms with E-state index >= 15 is 0 Å². The highest BCUT2D eigenvalue weighted by atomic mass is 32.1. The molecular formula is C11H17N3O2S. The van der Waals surface area contributed by atoms with E-state index in [1.807, 2.05) is 13.2 Å². The standard InChI is InChI=1S/C11H17N3O2S/c1-14-7-8(6-13-14)10-9(2-4-16-10)11(15)12-3-5-17/h6-7,9-10,17H,2-5H2,1H3,(H,12,15)/t9-,10+/m1/s1. The summed E-state index contributed by atoms with van der Waals surface area (Å²) in [5.41, 5.74) is 0.969. The summed E-state index contributed by atoms with van der Waals surface area (Å²) >= 11 is 4.07. The first-order chi connectivity index (χ1) is 8.22. The first kappa shape index (κ1) is 12.4. The van der Waals surface area contributed by atoms with Gasteiger partial charge in [0.1, 0.15) is 0 Å². The zero-order valence-corrected chi connectivity index (χ0v) is 10.7. The average Bonchev–Trinajstić information content (AvgIpc) is 2.93. The molecule has 2 heterocycles. The number of aryl methyl sites for hydroxylation is 1. The van der Waals surface area contributed by atoms with Crippen LogP contribution in [0.15, 0.2) is 12.4 Å². The smallest absolute Gasteiger partial charge is 0.226 e. The number of nitrogens with zero attached hydrogens (tertiary/aromatic N) is 2. The number of carbonyl (C=O) groups excluding carboxylic acids is 1. The maximum absolute atomic E-state index is 11.9. The molecule has 6 heteroatoms. The van der Waals surface area contributed by atoms with Crippen molar-refractivity contribution in [3.05, 3.63) is 18.0 Å². The van der Waals surface area contributed by atoms with Crippen LogP contribution in [-0.2, 0) is 16.6 Å². The molecule has 2 atom stereocenters. The lowest BCUT2D eigenvalue weighted by Gasteiger charge is -2.16. The molecule has 1 amide bonds. The number of aromatic nitrogens is 2. The predicted octanol–water partition coefficient (Wildman–Crippen LogP) is 0.544. The Morgan fingerprint density at radius 1 is 1.76 bits per heavy atom. The van der Waals surface area contributed by atoms with Gasteiger partial charge in [-0.05, 0) is 6.42 Å². The second-order valence-corrected chi connectivity index (χ2v) is 4.60. The average molecular weight is 255 g/mol. The van der Waals surface area contributed by atoms with Crippen molar-refractivity contribution in [3.63, 3.8) is 0 Å². The van der Waals surface area contributed by atoms with E-state index in [1.54, 1.807) is 10.9 Å². The van der Waals surface area contributed by atoms with Gasteiger partial charge in [-0.25, -0.2) is 0 Å². The molecule has 1 aliphatic rings. The third-order valence-corrected chi connectivity index (χ3v) is 3.12. The molecule has 0 aliphatic carbocycles. The Bertz CT molecular complexity index is 394. The van der Waals surface area contributed by atoms with Crippen molar-refractivity contribution < 1.29 is 9.53 Å². The molecule has 0 bridgehead atoms. The van der Waals surface area contributed by atoms with Gasteiger partial charge in [-0.2, -0.15) is 17.7 Å². The van der Waals surface area contributed by atoms with Gasteiger partial charge >= 0.3 is 0 Å². The number of carbonyl (C=O) groups is 1. The lowest BCUT2D eigenvalue weighted by atomic mass is 9.96. The summed E-state index contributed by atoms with van der Waals surface area (Å²) in [6.45, 7) is 1.22. The maximum Gasteiger partial charge on any atom is 0.226 e. The van der Waals surface area contributed by atoms with Crippen molar-refractivity contribution in [2.24, 2.45) is 13.0 Å². The van der Waals surface area contributed by atoms with Crippen molar-refractivity contribution in [1.29, 1.82) is 0 Å². The predicted molar refractivity (Wildman–Crippen MR) is 66.9 cm³/mol. The molecular weight excluding hydrogens is 238 g/mol. The van der Waals surface area contributed by atoms with Crippen LogP contribution in [0.1, 0.15) is 18.1 Å². The van der Waals surface area contributed by atoms with E-state index in [9.17, 15) is 4.79 Å². The van der Waals surface area contributed by atoms with Crippen LogP contribution >= 0.6 is 12.6 Å². The van der Waals surface area contributed by atoms with Crippen LogP contribution in [-0.4, -0.2) is 34.6 Å². The van der Waals surface area contributed by atoms with E-state index in [4.69, 9.17) is 4.74 Å². The van der Waals surface area contributed by atoms with Crippen LogP contribution in [0.4, 0.5) is 0 Å². The summed E-state index contributed by atoms with van der Waals surface area (Å²) in [6, 6.07) is 0. The zero-order chi connectivity index (χ0) is 12.3. The van der Waals surface area contributed by atoms with Gasteiger partial charge in [-0.1, -0.05) is 0 Å². The molecule has 0 spiro atoms. The topological polar surface area (TPSA) is 56.1 Å². The fourth-order valence-electron chi connectivity index (χ4n) is 2.08. The van der Waals surface area contributed by atoms with Crippen LogP contribution in [0.2, 0.25) is 0 Å². The van der Waals surface area contributed by atoms with Gasteiger partial charge < -0.3 is 10.1 Å². The number of hydrogen-bond acceptors (Lipinski definition) is 4. The van der Waals surface area contributed by atoms with Gasteiger partial charge in [0.15, 0.2) is 0 Å². The van der Waals surface area contributed by atoms with Crippen LogP contribution in [0, 0.1) is 5.92 Å². The molecule has 1 saturated heterocycles. The molecule has 0 radical (unpaired) electrons. The highest BCUT2D eigenvalue weighted by Crippen LogP contribution is 2.34. The van der Waals surface area contributed by atoms with Crippen molar-refractivity contribution in [3.8, 4) is 0 Å². The van der Waals surface area contributed by atoms with Crippen LogP contribution < -0.4 is 5.32 Å². The Labute approximate surface area is 106 Å². The summed E-state index contributed by atoms with van der Waals surface area (Å²) in [5.74, 6) is 0.584. The SMILES string of the molecule is Cn1cc([C@@H]2OCC[C@H]2C(=O)NCCS)cn1. The maximum atomic E-state index is 11.9. The molecule has 1 N–H and O–H groups in total. The first-order valence-corrected chi connectivity index (χ1v) is 6.34. The monoisotopic (exact) mass is 255 g/mol. The van der Waals surface area contributed by atoms with Crippen molar-refractivity contribution in [2.45, 2.75) is 12.5 Å². The Morgan fingerprint density at radius 2 is 2.59 bits per heavy atom. The number of amides is 1. The Kier molecular flexibility index (Phi) is 4.06. The molecule has 1 aromatic rings. The van der Waals surface area contributed by atoms with Gasteiger partial charge in [0.05, 0.1) is 18.2 Å². The minimum Gasteiger partial charge on any atom is -0.373 e. The third kappa shape index (κ3) is 2.81. The Balaban J connectivity index is 2.04. The fourth-order valence-corrected chi connectivity index (χ4v) is 2.20. The summed E-state index contributed by atoms with van der Waals surface area (Å²) < 4.78 is 7.35. The lowest BCUT2D eigenvalue weighted by Crippen LogP contribution is -2.33. The molecule has 0 saturated carbocycles. The molecule has 1 aliphatic heterocycles. The van der Waals surface area contributed by atoms with Gasteiger partial charge in [-0.3, -0.25) is 9.48 Å². The molecule has 0 aromatic carbocycles. The number of hydrogen-bond donors (Lipinski definition) is 2. The molecule has 1 fully saturated rings. The third-order valence-electron chi connectivity index (χ3n) is 2.89. The zero-order valence-electron chi connectivity index (χ0n) is 9.80. The van der Waals surface area contributed by atoms with Crippen molar-refractivity contribution in [2.75, 3.05) is 18.9 Å². The van der Waals surface area contributed by atoms with Crippen LogP contribution in [0.3, 0.4) is 0 Å². The van der Waals surface area contributed by atoms with Crippen LogP contribution in [0.25, 0.3) is 0 Å². The van der Waals surface area contributed by atoms with E-state index in [-0.39, 0.29) is 17.9 Å². The van der Waals surface area contributed by atoms with E-state index in [0.717, 1.165) is 12.0 Å². The number of rotatable bonds is 4. The van der Waals surface area contributed by atoms with Crippen molar-refractivity contribution >= 4 is 18.5 Å². The molecule has 94 valence electrons. The van der Waals surface area contributed by atoms with E-state index in [2.05, 4.69) is 23.0 Å². The molecule has 1 aromatic heterocycles. The first-order valence-electron chi connectivity index (χ1n) is 5.71. The number of thiol groups is 1. The van der Waals surface area contributed by atoms with Gasteiger partial charge in [0.25, 0.3) is 0 Å². The lowest BCUT2D eigenvalue weighted by molar-refractivity contribution is -0.126.